The molecule has 0 heterocycles. The summed E-state index contributed by atoms with van der Waals surface area (Å²) >= 11 is 0. The number of nitrogens with one attached hydrogen (secondary N) is 1. The molecule has 3 N–H and O–H groups in total. The van der Waals surface area contributed by atoms with E-state index in [1.165, 1.54) is 25.7 Å². The van der Waals surface area contributed by atoms with Crippen LogP contribution in [0.25, 0.3) is 0 Å². The normalized spacial score (nSPS) is 17.9. The maximum atomic E-state index is 12.9. The van der Waals surface area contributed by atoms with Gasteiger partial charge in [-0.2, -0.15) is 0 Å². The highest BCUT2D eigenvalue weighted by atomic mass is 35.5. The average molecular weight is 299 g/mol. The van der Waals surface area contributed by atoms with Gasteiger partial charge in [0.05, 0.1) is 13.1 Å². The molecular weight excluding hydrogens is 274 g/mol. The van der Waals surface area contributed by atoms with E-state index in [-0.39, 0.29) is 24.2 Å². The maximum absolute atomic E-state index is 12.9. The fourth-order valence-corrected chi connectivity index (χ4v) is 2.54. The summed E-state index contributed by atoms with van der Waals surface area (Å²) in [4.78, 5) is 11.8. The Labute approximate surface area is 120 Å². The predicted octanol–water partition coefficient (Wildman–Crippen LogP) is 2.72. The Hall–Kier alpha value is -0.420. The molecule has 0 spiro atoms. The van der Waals surface area contributed by atoms with Crippen LogP contribution in [0.15, 0.2) is 0 Å². The number of carbonyl (C=O) groups is 1. The first kappa shape index (κ1) is 18.6. The Morgan fingerprint density at radius 1 is 1.42 bits per heavy atom. The molecule has 1 saturated carbocycles. The van der Waals surface area contributed by atoms with Crippen molar-refractivity contribution in [2.75, 3.05) is 13.1 Å². The molecule has 1 aliphatic carbocycles. The first-order valence-electron chi connectivity index (χ1n) is 6.84. The van der Waals surface area contributed by atoms with Crippen LogP contribution < -0.4 is 11.1 Å². The van der Waals surface area contributed by atoms with Crippen molar-refractivity contribution in [3.8, 4) is 0 Å². The summed E-state index contributed by atoms with van der Waals surface area (Å²) in [6, 6.07) is 0. The van der Waals surface area contributed by atoms with Crippen LogP contribution in [-0.4, -0.2) is 24.9 Å². The fourth-order valence-electron chi connectivity index (χ4n) is 2.54. The number of amides is 1. The van der Waals surface area contributed by atoms with Crippen LogP contribution in [0.4, 0.5) is 8.78 Å². The van der Waals surface area contributed by atoms with Crippen LogP contribution >= 0.6 is 12.4 Å². The SMILES string of the molecule is CCC(CC1CCCC1)C(=O)NCC(F)(F)CN.Cl. The third-order valence-corrected chi connectivity index (χ3v) is 3.78. The van der Waals surface area contributed by atoms with Crippen molar-refractivity contribution in [1.29, 1.82) is 0 Å². The lowest BCUT2D eigenvalue weighted by Crippen LogP contribution is -2.43. The molecule has 3 nitrogen and oxygen atoms in total. The summed E-state index contributed by atoms with van der Waals surface area (Å²) in [5.74, 6) is -2.80. The van der Waals surface area contributed by atoms with Gasteiger partial charge in [-0.05, 0) is 18.8 Å². The van der Waals surface area contributed by atoms with Crippen molar-refractivity contribution in [2.45, 2.75) is 51.4 Å². The molecule has 0 bridgehead atoms. The van der Waals surface area contributed by atoms with Crippen LogP contribution in [0.3, 0.4) is 0 Å². The van der Waals surface area contributed by atoms with Gasteiger partial charge in [-0.25, -0.2) is 8.78 Å². The van der Waals surface area contributed by atoms with Crippen molar-refractivity contribution >= 4 is 18.3 Å². The second-order valence-electron chi connectivity index (χ2n) is 5.27. The van der Waals surface area contributed by atoms with E-state index in [0.717, 1.165) is 6.42 Å². The second kappa shape index (κ2) is 8.69. The van der Waals surface area contributed by atoms with Gasteiger partial charge in [0.1, 0.15) is 0 Å². The van der Waals surface area contributed by atoms with E-state index in [4.69, 9.17) is 5.73 Å². The van der Waals surface area contributed by atoms with Crippen LogP contribution in [0.5, 0.6) is 0 Å². The third kappa shape index (κ3) is 6.52. The van der Waals surface area contributed by atoms with E-state index in [1.54, 1.807) is 0 Å². The second-order valence-corrected chi connectivity index (χ2v) is 5.27. The summed E-state index contributed by atoms with van der Waals surface area (Å²) in [5, 5.41) is 2.33. The number of nitrogens with two attached hydrogens (primary N) is 1. The van der Waals surface area contributed by atoms with E-state index in [1.807, 2.05) is 6.92 Å². The topological polar surface area (TPSA) is 55.1 Å². The molecule has 0 radical (unpaired) electrons. The monoisotopic (exact) mass is 298 g/mol. The number of hydrogen-bond acceptors (Lipinski definition) is 2. The van der Waals surface area contributed by atoms with E-state index in [9.17, 15) is 13.6 Å². The molecule has 0 aromatic heterocycles. The molecule has 114 valence electrons. The van der Waals surface area contributed by atoms with Gasteiger partial charge in [0.2, 0.25) is 5.91 Å². The van der Waals surface area contributed by atoms with Gasteiger partial charge >= 0.3 is 0 Å². The number of halogens is 3. The summed E-state index contributed by atoms with van der Waals surface area (Å²) in [6.45, 7) is 0.552. The average Bonchev–Trinajstić information content (AvgIpc) is 2.86. The molecule has 1 atom stereocenters. The maximum Gasteiger partial charge on any atom is 0.277 e. The molecule has 6 heteroatoms. The smallest absolute Gasteiger partial charge is 0.277 e. The minimum absolute atomic E-state index is 0. The van der Waals surface area contributed by atoms with Gasteiger partial charge in [-0.15, -0.1) is 12.4 Å². The van der Waals surface area contributed by atoms with E-state index < -0.39 is 19.0 Å². The molecule has 0 aromatic rings. The largest absolute Gasteiger partial charge is 0.350 e. The molecule has 0 aliphatic heterocycles. The van der Waals surface area contributed by atoms with Crippen molar-refractivity contribution in [1.82, 2.24) is 5.32 Å². The highest BCUT2D eigenvalue weighted by molar-refractivity contribution is 5.85. The van der Waals surface area contributed by atoms with Crippen LogP contribution in [0, 0.1) is 11.8 Å². The van der Waals surface area contributed by atoms with Gasteiger partial charge in [0.25, 0.3) is 5.92 Å². The summed E-state index contributed by atoms with van der Waals surface area (Å²) in [7, 11) is 0. The lowest BCUT2D eigenvalue weighted by atomic mass is 9.91. The highest BCUT2D eigenvalue weighted by Gasteiger charge is 2.29. The number of hydrogen-bond donors (Lipinski definition) is 2. The van der Waals surface area contributed by atoms with Crippen molar-refractivity contribution in [3.05, 3.63) is 0 Å². The Morgan fingerprint density at radius 2 is 2.00 bits per heavy atom. The molecule has 1 rings (SSSR count). The summed E-state index contributed by atoms with van der Waals surface area (Å²) < 4.78 is 25.9. The zero-order valence-corrected chi connectivity index (χ0v) is 12.3. The number of alkyl halides is 2. The Balaban J connectivity index is 0.00000324. The van der Waals surface area contributed by atoms with Gasteiger partial charge in [0, 0.05) is 5.92 Å². The first-order valence-corrected chi connectivity index (χ1v) is 6.84. The Morgan fingerprint density at radius 3 is 2.47 bits per heavy atom. The van der Waals surface area contributed by atoms with Gasteiger partial charge in [-0.3, -0.25) is 4.79 Å². The van der Waals surface area contributed by atoms with Crippen molar-refractivity contribution < 1.29 is 13.6 Å². The first-order chi connectivity index (χ1) is 8.48. The van der Waals surface area contributed by atoms with Gasteiger partial charge in [-0.1, -0.05) is 32.6 Å². The molecule has 19 heavy (non-hydrogen) atoms. The standard InChI is InChI=1S/C13H24F2N2O.ClH/c1-2-11(7-10-5-3-4-6-10)12(18)17-9-13(14,15)8-16;/h10-11H,2-9,16H2,1H3,(H,17,18);1H. The molecule has 1 fully saturated rings. The Kier molecular flexibility index (Phi) is 8.50. The van der Waals surface area contributed by atoms with Crippen molar-refractivity contribution in [2.24, 2.45) is 17.6 Å². The zero-order chi connectivity index (χ0) is 13.6. The van der Waals surface area contributed by atoms with Crippen LogP contribution in [-0.2, 0) is 4.79 Å². The molecule has 0 saturated heterocycles. The quantitative estimate of drug-likeness (QED) is 0.759. The lowest BCUT2D eigenvalue weighted by molar-refractivity contribution is -0.127. The molecule has 1 aliphatic rings. The molecular formula is C13H25ClF2N2O. The van der Waals surface area contributed by atoms with Crippen LogP contribution in [0.1, 0.15) is 45.4 Å². The Bertz CT molecular complexity index is 271. The minimum atomic E-state index is -3.00. The van der Waals surface area contributed by atoms with E-state index >= 15 is 0 Å². The number of carbonyl (C=O) groups excluding carboxylic acids is 1. The minimum Gasteiger partial charge on any atom is -0.350 e. The molecule has 0 aromatic carbocycles. The van der Waals surface area contributed by atoms with Crippen molar-refractivity contribution in [3.63, 3.8) is 0 Å². The summed E-state index contributed by atoms with van der Waals surface area (Å²) in [6.07, 6.45) is 6.33. The molecule has 1 unspecified atom stereocenters. The van der Waals surface area contributed by atoms with E-state index in [2.05, 4.69) is 5.32 Å². The zero-order valence-electron chi connectivity index (χ0n) is 11.5. The van der Waals surface area contributed by atoms with E-state index in [0.29, 0.717) is 12.3 Å². The highest BCUT2D eigenvalue weighted by Crippen LogP contribution is 2.31. The number of rotatable bonds is 7. The third-order valence-electron chi connectivity index (χ3n) is 3.78. The fraction of sp³-hybridized carbons (Fsp3) is 0.923. The van der Waals surface area contributed by atoms with Gasteiger partial charge in [0.15, 0.2) is 0 Å². The predicted molar refractivity (Wildman–Crippen MR) is 74.6 cm³/mol. The molecule has 1 amide bonds. The summed E-state index contributed by atoms with van der Waals surface area (Å²) in [5.41, 5.74) is 4.93. The van der Waals surface area contributed by atoms with Crippen LogP contribution in [0.2, 0.25) is 0 Å². The lowest BCUT2D eigenvalue weighted by Gasteiger charge is -2.20. The van der Waals surface area contributed by atoms with Gasteiger partial charge < -0.3 is 11.1 Å².